The van der Waals surface area contributed by atoms with Gasteiger partial charge >= 0.3 is 0 Å². The molecular formula is C22H13N. The second-order valence-corrected chi connectivity index (χ2v) is 6.33. The maximum absolute atomic E-state index is 3.58. The fourth-order valence-electron chi connectivity index (χ4n) is 4.15. The standard InChI is InChI=1S/C22H13N/c1-2-7-18-16(6-1)22-17-11-10-14-5-3-4-13-8-9-15(12-19(22)23-18)21(17)20(13)14/h1-12,23H. The third-order valence-corrected chi connectivity index (χ3v) is 5.11. The molecule has 0 unspecified atom stereocenters. The van der Waals surface area contributed by atoms with Gasteiger partial charge < -0.3 is 4.98 Å². The van der Waals surface area contributed by atoms with Gasteiger partial charge in [-0.2, -0.15) is 0 Å². The fraction of sp³-hybridized carbons (Fsp3) is 0. The van der Waals surface area contributed by atoms with Crippen molar-refractivity contribution < 1.29 is 0 Å². The van der Waals surface area contributed by atoms with Crippen molar-refractivity contribution in [1.82, 2.24) is 4.98 Å². The Morgan fingerprint density at radius 3 is 2.17 bits per heavy atom. The van der Waals surface area contributed by atoms with Crippen LogP contribution in [0.5, 0.6) is 0 Å². The van der Waals surface area contributed by atoms with Gasteiger partial charge in [0.15, 0.2) is 0 Å². The summed E-state index contributed by atoms with van der Waals surface area (Å²) in [6.07, 6.45) is 0. The minimum Gasteiger partial charge on any atom is -0.354 e. The lowest BCUT2D eigenvalue weighted by Gasteiger charge is -2.11. The van der Waals surface area contributed by atoms with Gasteiger partial charge in [-0.1, -0.05) is 60.7 Å². The highest BCUT2D eigenvalue weighted by atomic mass is 14.7. The summed E-state index contributed by atoms with van der Waals surface area (Å²) in [6, 6.07) is 26.5. The van der Waals surface area contributed by atoms with E-state index < -0.39 is 0 Å². The summed E-state index contributed by atoms with van der Waals surface area (Å²) in [5.74, 6) is 0. The maximum Gasteiger partial charge on any atom is 0.0477 e. The zero-order valence-electron chi connectivity index (χ0n) is 12.4. The van der Waals surface area contributed by atoms with E-state index in [0.29, 0.717) is 0 Å². The van der Waals surface area contributed by atoms with Gasteiger partial charge in [-0.05, 0) is 44.5 Å². The second kappa shape index (κ2) is 3.82. The smallest absolute Gasteiger partial charge is 0.0477 e. The summed E-state index contributed by atoms with van der Waals surface area (Å²) in [6.45, 7) is 0. The van der Waals surface area contributed by atoms with Crippen molar-refractivity contribution in [3.63, 3.8) is 0 Å². The van der Waals surface area contributed by atoms with Crippen LogP contribution in [0.15, 0.2) is 72.8 Å². The van der Waals surface area contributed by atoms with Crippen LogP contribution in [0.2, 0.25) is 0 Å². The Morgan fingerprint density at radius 1 is 0.478 bits per heavy atom. The van der Waals surface area contributed by atoms with E-state index in [0.717, 1.165) is 0 Å². The highest BCUT2D eigenvalue weighted by Gasteiger charge is 2.13. The van der Waals surface area contributed by atoms with Gasteiger partial charge in [-0.25, -0.2) is 0 Å². The van der Waals surface area contributed by atoms with Gasteiger partial charge in [0.25, 0.3) is 0 Å². The highest BCUT2D eigenvalue weighted by Crippen LogP contribution is 2.40. The van der Waals surface area contributed by atoms with E-state index in [9.17, 15) is 0 Å². The molecule has 0 fully saturated rings. The van der Waals surface area contributed by atoms with Gasteiger partial charge in [0, 0.05) is 21.8 Å². The molecule has 5 aromatic carbocycles. The lowest BCUT2D eigenvalue weighted by Crippen LogP contribution is -1.84. The zero-order chi connectivity index (χ0) is 15.0. The third kappa shape index (κ3) is 1.33. The van der Waals surface area contributed by atoms with E-state index in [2.05, 4.69) is 77.8 Å². The average molecular weight is 291 g/mol. The molecule has 1 aromatic heterocycles. The van der Waals surface area contributed by atoms with Gasteiger partial charge in [0.2, 0.25) is 0 Å². The Hall–Kier alpha value is -3.06. The van der Waals surface area contributed by atoms with E-state index in [1.807, 2.05) is 0 Å². The van der Waals surface area contributed by atoms with Crippen LogP contribution in [0.1, 0.15) is 0 Å². The minimum atomic E-state index is 1.21. The van der Waals surface area contributed by atoms with Crippen LogP contribution in [-0.2, 0) is 0 Å². The molecule has 0 aliphatic heterocycles. The van der Waals surface area contributed by atoms with Gasteiger partial charge in [0.05, 0.1) is 0 Å². The number of fused-ring (bicyclic) bond motifs is 4. The van der Waals surface area contributed by atoms with E-state index in [-0.39, 0.29) is 0 Å². The molecule has 0 saturated heterocycles. The molecule has 23 heavy (non-hydrogen) atoms. The minimum absolute atomic E-state index is 1.21. The number of aromatic amines is 1. The molecular weight excluding hydrogens is 278 g/mol. The number of H-pyrrole nitrogens is 1. The molecule has 1 N–H and O–H groups in total. The van der Waals surface area contributed by atoms with Crippen molar-refractivity contribution in [3.8, 4) is 0 Å². The number of para-hydroxylation sites is 1. The Labute approximate surface area is 132 Å². The largest absolute Gasteiger partial charge is 0.354 e. The van der Waals surface area contributed by atoms with E-state index in [1.54, 1.807) is 0 Å². The highest BCUT2D eigenvalue weighted by molar-refractivity contribution is 6.32. The first-order valence-electron chi connectivity index (χ1n) is 7.97. The molecule has 1 heteroatoms. The van der Waals surface area contributed by atoms with Crippen LogP contribution in [0.4, 0.5) is 0 Å². The van der Waals surface area contributed by atoms with Gasteiger partial charge in [-0.15, -0.1) is 0 Å². The first-order chi connectivity index (χ1) is 11.4. The van der Waals surface area contributed by atoms with Crippen molar-refractivity contribution in [2.45, 2.75) is 0 Å². The summed E-state index contributed by atoms with van der Waals surface area (Å²) in [4.78, 5) is 3.58. The molecule has 6 rings (SSSR count). The number of hydrogen-bond acceptors (Lipinski definition) is 0. The van der Waals surface area contributed by atoms with Gasteiger partial charge in [0.1, 0.15) is 0 Å². The number of rotatable bonds is 0. The van der Waals surface area contributed by atoms with E-state index in [1.165, 1.54) is 54.1 Å². The zero-order valence-corrected chi connectivity index (χ0v) is 12.4. The second-order valence-electron chi connectivity index (χ2n) is 6.33. The Kier molecular flexibility index (Phi) is 1.91. The predicted octanol–water partition coefficient (Wildman–Crippen LogP) is 6.22. The third-order valence-electron chi connectivity index (χ3n) is 5.11. The molecule has 1 nitrogen and oxygen atoms in total. The van der Waals surface area contributed by atoms with Gasteiger partial charge in [-0.3, -0.25) is 0 Å². The fourth-order valence-corrected chi connectivity index (χ4v) is 4.15. The SMILES string of the molecule is c1cc2ccc3cc4[nH]c5ccccc5c4c4ccc(c1)c2c34. The van der Waals surface area contributed by atoms with E-state index >= 15 is 0 Å². The van der Waals surface area contributed by atoms with Crippen molar-refractivity contribution in [3.05, 3.63) is 72.8 Å². The number of nitrogens with one attached hydrogen (secondary N) is 1. The van der Waals surface area contributed by atoms with Crippen molar-refractivity contribution in [2.24, 2.45) is 0 Å². The molecule has 0 aliphatic carbocycles. The molecule has 0 bridgehead atoms. The Bertz CT molecular complexity index is 1340. The maximum atomic E-state index is 3.58. The Balaban J connectivity index is 2.04. The molecule has 0 aliphatic rings. The molecule has 0 amide bonds. The normalized spacial score (nSPS) is 12.3. The number of hydrogen-bond donors (Lipinski definition) is 1. The predicted molar refractivity (Wildman–Crippen MR) is 99.5 cm³/mol. The number of aromatic nitrogens is 1. The monoisotopic (exact) mass is 291 g/mol. The lowest BCUT2D eigenvalue weighted by atomic mass is 9.92. The molecule has 0 spiro atoms. The Morgan fingerprint density at radius 2 is 1.26 bits per heavy atom. The van der Waals surface area contributed by atoms with Crippen LogP contribution in [-0.4, -0.2) is 4.98 Å². The van der Waals surface area contributed by atoms with Crippen LogP contribution < -0.4 is 0 Å². The molecule has 0 atom stereocenters. The van der Waals surface area contributed by atoms with Crippen molar-refractivity contribution in [2.75, 3.05) is 0 Å². The molecule has 0 radical (unpaired) electrons. The molecule has 1 heterocycles. The van der Waals surface area contributed by atoms with Crippen molar-refractivity contribution >= 4 is 54.1 Å². The summed E-state index contributed by atoms with van der Waals surface area (Å²) in [7, 11) is 0. The van der Waals surface area contributed by atoms with Crippen LogP contribution in [0.25, 0.3) is 54.1 Å². The van der Waals surface area contributed by atoms with Crippen LogP contribution in [0, 0.1) is 0 Å². The quantitative estimate of drug-likeness (QED) is 0.320. The summed E-state index contributed by atoms with van der Waals surface area (Å²) in [5.41, 5.74) is 2.43. The summed E-state index contributed by atoms with van der Waals surface area (Å²) < 4.78 is 0. The van der Waals surface area contributed by atoms with Crippen LogP contribution in [0.3, 0.4) is 0 Å². The topological polar surface area (TPSA) is 15.8 Å². The summed E-state index contributed by atoms with van der Waals surface area (Å²) in [5, 5.41) is 10.7. The van der Waals surface area contributed by atoms with Crippen LogP contribution >= 0.6 is 0 Å². The van der Waals surface area contributed by atoms with E-state index in [4.69, 9.17) is 0 Å². The molecule has 106 valence electrons. The summed E-state index contributed by atoms with van der Waals surface area (Å²) >= 11 is 0. The molecule has 6 aromatic rings. The number of benzene rings is 5. The first kappa shape index (κ1) is 11.5. The molecule has 0 saturated carbocycles. The first-order valence-corrected chi connectivity index (χ1v) is 7.97. The lowest BCUT2D eigenvalue weighted by molar-refractivity contribution is 1.56. The average Bonchev–Trinajstić information content (AvgIpc) is 2.97. The van der Waals surface area contributed by atoms with Crippen molar-refractivity contribution in [1.29, 1.82) is 0 Å².